The first-order valence-electron chi connectivity index (χ1n) is 7.23. The lowest BCUT2D eigenvalue weighted by Gasteiger charge is -2.28. The van der Waals surface area contributed by atoms with Crippen molar-refractivity contribution in [3.63, 3.8) is 0 Å². The van der Waals surface area contributed by atoms with Crippen molar-refractivity contribution >= 4 is 23.2 Å². The van der Waals surface area contributed by atoms with Gasteiger partial charge in [0.05, 0.1) is 12.1 Å². The van der Waals surface area contributed by atoms with Gasteiger partial charge >= 0.3 is 0 Å². The minimum atomic E-state index is -0.498. The smallest absolute Gasteiger partial charge is 0.0830 e. The molecule has 5 heteroatoms. The van der Waals surface area contributed by atoms with E-state index in [1.807, 2.05) is 48.5 Å². The third-order valence-corrected chi connectivity index (χ3v) is 4.60. The van der Waals surface area contributed by atoms with Crippen LogP contribution < -0.4 is 5.73 Å². The van der Waals surface area contributed by atoms with Crippen LogP contribution in [0.1, 0.15) is 17.2 Å². The predicted octanol–water partition coefficient (Wildman–Crippen LogP) is 3.09. The van der Waals surface area contributed by atoms with Gasteiger partial charge < -0.3 is 10.8 Å². The number of β-amino-alcohol motifs (C(OH)–C–C–N with tert-alkyl or cyclic N) is 1. The van der Waals surface area contributed by atoms with Crippen molar-refractivity contribution in [1.82, 2.24) is 4.90 Å². The lowest BCUT2D eigenvalue weighted by atomic mass is 9.97. The number of likely N-dealkylation sites (tertiary alicyclic amines) is 1. The zero-order valence-electron chi connectivity index (χ0n) is 12.0. The van der Waals surface area contributed by atoms with Crippen LogP contribution in [0.25, 0.3) is 0 Å². The molecule has 22 heavy (non-hydrogen) atoms. The van der Waals surface area contributed by atoms with Crippen molar-refractivity contribution in [2.45, 2.75) is 18.2 Å². The Labute approximate surface area is 140 Å². The summed E-state index contributed by atoms with van der Waals surface area (Å²) < 4.78 is 0. The number of benzene rings is 2. The summed E-state index contributed by atoms with van der Waals surface area (Å²) in [5.74, 6) is 0. The molecule has 2 atom stereocenters. The van der Waals surface area contributed by atoms with Crippen LogP contribution in [0, 0.1) is 0 Å². The Morgan fingerprint density at radius 1 is 0.909 bits per heavy atom. The average Bonchev–Trinajstić information content (AvgIpc) is 2.82. The Balaban J connectivity index is 1.98. The van der Waals surface area contributed by atoms with Gasteiger partial charge in [-0.2, -0.15) is 0 Å². The van der Waals surface area contributed by atoms with E-state index in [-0.39, 0.29) is 12.1 Å². The lowest BCUT2D eigenvalue weighted by molar-refractivity contribution is 0.158. The zero-order valence-corrected chi connectivity index (χ0v) is 13.5. The molecule has 0 aliphatic carbocycles. The Morgan fingerprint density at radius 2 is 1.36 bits per heavy atom. The summed E-state index contributed by atoms with van der Waals surface area (Å²) in [7, 11) is 0. The van der Waals surface area contributed by atoms with Gasteiger partial charge in [-0.05, 0) is 35.4 Å². The van der Waals surface area contributed by atoms with Crippen LogP contribution in [0.3, 0.4) is 0 Å². The lowest BCUT2D eigenvalue weighted by Crippen LogP contribution is -2.33. The molecule has 0 radical (unpaired) electrons. The molecule has 0 amide bonds. The van der Waals surface area contributed by atoms with E-state index < -0.39 is 6.10 Å². The molecule has 1 saturated heterocycles. The van der Waals surface area contributed by atoms with Crippen LogP contribution in [-0.2, 0) is 0 Å². The fourth-order valence-corrected chi connectivity index (χ4v) is 3.21. The molecule has 116 valence electrons. The summed E-state index contributed by atoms with van der Waals surface area (Å²) in [4.78, 5) is 2.20. The van der Waals surface area contributed by atoms with Gasteiger partial charge in [0, 0.05) is 29.2 Å². The Hall–Kier alpha value is -1.10. The van der Waals surface area contributed by atoms with E-state index in [9.17, 15) is 5.11 Å². The summed E-state index contributed by atoms with van der Waals surface area (Å²) in [6, 6.07) is 15.4. The highest BCUT2D eigenvalue weighted by molar-refractivity contribution is 6.30. The molecule has 0 bridgehead atoms. The fraction of sp³-hybridized carbons (Fsp3) is 0.294. The molecule has 1 fully saturated rings. The van der Waals surface area contributed by atoms with Gasteiger partial charge in [0.2, 0.25) is 0 Å². The predicted molar refractivity (Wildman–Crippen MR) is 90.3 cm³/mol. The highest BCUT2D eigenvalue weighted by atomic mass is 35.5. The maximum Gasteiger partial charge on any atom is 0.0830 e. The second-order valence-electron chi connectivity index (χ2n) is 5.69. The van der Waals surface area contributed by atoms with Crippen LogP contribution in [0.15, 0.2) is 48.5 Å². The van der Waals surface area contributed by atoms with Crippen LogP contribution in [0.2, 0.25) is 10.0 Å². The molecule has 1 aliphatic rings. The van der Waals surface area contributed by atoms with Crippen molar-refractivity contribution in [2.24, 2.45) is 5.73 Å². The van der Waals surface area contributed by atoms with Crippen molar-refractivity contribution in [3.8, 4) is 0 Å². The zero-order chi connectivity index (χ0) is 15.7. The first-order chi connectivity index (χ1) is 10.5. The van der Waals surface area contributed by atoms with Gasteiger partial charge in [-0.15, -0.1) is 0 Å². The van der Waals surface area contributed by atoms with E-state index in [1.54, 1.807) is 0 Å². The fourth-order valence-electron chi connectivity index (χ4n) is 2.96. The first kappa shape index (κ1) is 15.8. The Morgan fingerprint density at radius 3 is 1.73 bits per heavy atom. The molecule has 3 nitrogen and oxygen atoms in total. The molecule has 3 N–H and O–H groups in total. The topological polar surface area (TPSA) is 49.5 Å². The van der Waals surface area contributed by atoms with Gasteiger partial charge in [-0.1, -0.05) is 47.5 Å². The molecule has 2 aromatic carbocycles. The van der Waals surface area contributed by atoms with E-state index in [4.69, 9.17) is 28.9 Å². The van der Waals surface area contributed by atoms with Crippen LogP contribution in [-0.4, -0.2) is 35.2 Å². The Kier molecular flexibility index (Phi) is 4.71. The van der Waals surface area contributed by atoms with E-state index >= 15 is 0 Å². The minimum absolute atomic E-state index is 0.0257. The quantitative estimate of drug-likeness (QED) is 0.905. The van der Waals surface area contributed by atoms with Crippen molar-refractivity contribution in [3.05, 3.63) is 69.7 Å². The van der Waals surface area contributed by atoms with E-state index in [2.05, 4.69) is 4.90 Å². The molecular formula is C17H18Cl2N2O. The van der Waals surface area contributed by atoms with Crippen molar-refractivity contribution in [1.29, 1.82) is 0 Å². The van der Waals surface area contributed by atoms with Crippen LogP contribution >= 0.6 is 23.2 Å². The summed E-state index contributed by atoms with van der Waals surface area (Å²) in [6.45, 7) is 1.20. The Bertz CT molecular complexity index is 575. The normalized spacial score (nSPS) is 22.4. The second kappa shape index (κ2) is 6.57. The molecule has 0 aromatic heterocycles. The summed E-state index contributed by atoms with van der Waals surface area (Å²) >= 11 is 12.0. The number of aliphatic hydroxyl groups excluding tert-OH is 1. The molecule has 2 unspecified atom stereocenters. The largest absolute Gasteiger partial charge is 0.390 e. The van der Waals surface area contributed by atoms with E-state index in [0.717, 1.165) is 11.1 Å². The molecule has 0 saturated carbocycles. The standard InChI is InChI=1S/C17H18Cl2N2O/c18-13-5-1-11(2-6-13)17(12-3-7-14(19)8-4-12)21-9-15(20)16(22)10-21/h1-8,15-17,22H,9-10,20H2. The minimum Gasteiger partial charge on any atom is -0.390 e. The molecule has 0 spiro atoms. The highest BCUT2D eigenvalue weighted by Crippen LogP contribution is 2.32. The van der Waals surface area contributed by atoms with E-state index in [1.165, 1.54) is 0 Å². The van der Waals surface area contributed by atoms with Crippen LogP contribution in [0.5, 0.6) is 0 Å². The molecule has 3 rings (SSSR count). The summed E-state index contributed by atoms with van der Waals surface area (Å²) in [5, 5.41) is 11.4. The number of aliphatic hydroxyl groups is 1. The number of nitrogens with zero attached hydrogens (tertiary/aromatic N) is 1. The maximum atomic E-state index is 9.99. The second-order valence-corrected chi connectivity index (χ2v) is 6.56. The highest BCUT2D eigenvalue weighted by Gasteiger charge is 2.34. The third kappa shape index (κ3) is 3.29. The molecule has 2 aromatic rings. The van der Waals surface area contributed by atoms with Crippen molar-refractivity contribution in [2.75, 3.05) is 13.1 Å². The first-order valence-corrected chi connectivity index (χ1v) is 7.99. The third-order valence-electron chi connectivity index (χ3n) is 4.10. The van der Waals surface area contributed by atoms with Gasteiger partial charge in [-0.3, -0.25) is 4.90 Å². The SMILES string of the molecule is NC1CN(C(c2ccc(Cl)cc2)c2ccc(Cl)cc2)CC1O. The summed E-state index contributed by atoms with van der Waals surface area (Å²) in [5.41, 5.74) is 8.21. The van der Waals surface area contributed by atoms with Gasteiger partial charge in [0.25, 0.3) is 0 Å². The van der Waals surface area contributed by atoms with Gasteiger partial charge in [-0.25, -0.2) is 0 Å². The number of hydrogen-bond donors (Lipinski definition) is 2. The summed E-state index contributed by atoms with van der Waals surface area (Å²) in [6.07, 6.45) is -0.498. The number of halogens is 2. The number of nitrogens with two attached hydrogens (primary N) is 1. The van der Waals surface area contributed by atoms with E-state index in [0.29, 0.717) is 23.1 Å². The maximum absolute atomic E-state index is 9.99. The van der Waals surface area contributed by atoms with Crippen LogP contribution in [0.4, 0.5) is 0 Å². The monoisotopic (exact) mass is 336 g/mol. The average molecular weight is 337 g/mol. The number of hydrogen-bond acceptors (Lipinski definition) is 3. The number of rotatable bonds is 3. The molecular weight excluding hydrogens is 319 g/mol. The van der Waals surface area contributed by atoms with Gasteiger partial charge in [0.1, 0.15) is 0 Å². The van der Waals surface area contributed by atoms with Crippen molar-refractivity contribution < 1.29 is 5.11 Å². The molecule has 1 heterocycles. The molecule has 1 aliphatic heterocycles. The van der Waals surface area contributed by atoms with Gasteiger partial charge in [0.15, 0.2) is 0 Å².